The first kappa shape index (κ1) is 15.0. The maximum Gasteiger partial charge on any atom is 0.306 e. The van der Waals surface area contributed by atoms with Crippen molar-refractivity contribution in [3.05, 3.63) is 12.2 Å². The molecule has 0 bridgehead atoms. The minimum absolute atomic E-state index is 0. The molecule has 3 nitrogen and oxygen atoms in total. The van der Waals surface area contributed by atoms with Crippen molar-refractivity contribution in [1.29, 1.82) is 0 Å². The second-order valence-corrected chi connectivity index (χ2v) is 2.79. The van der Waals surface area contributed by atoms with Gasteiger partial charge >= 0.3 is 5.97 Å². The van der Waals surface area contributed by atoms with Crippen LogP contribution >= 0.6 is 24.0 Å². The third kappa shape index (κ3) is 11.5. The Bertz CT molecular complexity index is 198. The van der Waals surface area contributed by atoms with E-state index in [-0.39, 0.29) is 18.3 Å². The van der Waals surface area contributed by atoms with Gasteiger partial charge in [0, 0.05) is 0 Å². The smallest absolute Gasteiger partial charge is 0.306 e. The van der Waals surface area contributed by atoms with E-state index in [1.165, 1.54) is 6.08 Å². The molecule has 0 saturated heterocycles. The number of carbonyl (C=O) groups is 2. The number of rotatable bonds is 2. The zero-order valence-corrected chi connectivity index (χ0v) is 8.77. The largest absolute Gasteiger partial charge is 0.481 e. The molecule has 0 atom stereocenters. The molecule has 1 fully saturated rings. The van der Waals surface area contributed by atoms with E-state index in [1.54, 1.807) is 13.0 Å². The fourth-order valence-corrected chi connectivity index (χ4v) is 0.587. The van der Waals surface area contributed by atoms with E-state index in [2.05, 4.69) is 0 Å². The van der Waals surface area contributed by atoms with Gasteiger partial charge in [0.05, 0.1) is 5.92 Å². The Balaban J connectivity index is 0. The van der Waals surface area contributed by atoms with Crippen LogP contribution in [0.15, 0.2) is 12.2 Å². The molecule has 1 aliphatic rings. The van der Waals surface area contributed by atoms with Gasteiger partial charge in [-0.25, -0.2) is 0 Å². The first-order chi connectivity index (χ1) is 5.57. The number of carboxylic acid groups (broad SMARTS) is 1. The van der Waals surface area contributed by atoms with Crippen LogP contribution < -0.4 is 0 Å². The minimum atomic E-state index is -0.630. The van der Waals surface area contributed by atoms with E-state index in [0.717, 1.165) is 12.8 Å². The molecule has 13 heavy (non-hydrogen) atoms. The Labute approximate surface area is 88.2 Å². The summed E-state index contributed by atoms with van der Waals surface area (Å²) in [5, 5.41) is 7.63. The van der Waals surface area contributed by atoms with Crippen LogP contribution in [0.25, 0.3) is 0 Å². The Kier molecular flexibility index (Phi) is 9.29. The number of carbonyl (C=O) groups excluding carboxylic acids is 1. The number of hydrogen-bond donors (Lipinski definition) is 1. The van der Waals surface area contributed by atoms with Gasteiger partial charge in [-0.2, -0.15) is 0 Å². The summed E-state index contributed by atoms with van der Waals surface area (Å²) in [6.07, 6.45) is 4.68. The minimum Gasteiger partial charge on any atom is -0.481 e. The predicted molar refractivity (Wildman–Crippen MR) is 53.3 cm³/mol. The number of halogens is 2. The van der Waals surface area contributed by atoms with Crippen LogP contribution in [0.4, 0.5) is 0 Å². The summed E-state index contributed by atoms with van der Waals surface area (Å²) in [6, 6.07) is 0. The van der Waals surface area contributed by atoms with Gasteiger partial charge in [-0.3, -0.25) is 9.59 Å². The number of hydrogen-bond acceptors (Lipinski definition) is 2. The van der Waals surface area contributed by atoms with Gasteiger partial charge in [0.1, 0.15) is 0 Å². The molecule has 0 aromatic rings. The Morgan fingerprint density at radius 3 is 1.92 bits per heavy atom. The Morgan fingerprint density at radius 1 is 1.46 bits per heavy atom. The summed E-state index contributed by atoms with van der Waals surface area (Å²) in [5.74, 6) is -0.611. The van der Waals surface area contributed by atoms with Crippen molar-refractivity contribution in [3.8, 4) is 0 Å². The van der Waals surface area contributed by atoms with Crippen LogP contribution in [0.2, 0.25) is 0 Å². The molecule has 1 N–H and O–H groups in total. The maximum atomic E-state index is 9.76. The lowest BCUT2D eigenvalue weighted by Crippen LogP contribution is -1.94. The average Bonchev–Trinajstić information content (AvgIpc) is 2.67. The second-order valence-electron chi connectivity index (χ2n) is 2.42. The molecule has 0 aliphatic heterocycles. The van der Waals surface area contributed by atoms with Crippen LogP contribution in [0.5, 0.6) is 0 Å². The molecule has 1 aliphatic carbocycles. The third-order valence-electron chi connectivity index (χ3n) is 1.22. The highest BCUT2D eigenvalue weighted by molar-refractivity contribution is 6.66. The molecular weight excluding hydrogens is 215 g/mol. The van der Waals surface area contributed by atoms with Gasteiger partial charge in [0.15, 0.2) is 0 Å². The van der Waals surface area contributed by atoms with Crippen molar-refractivity contribution in [1.82, 2.24) is 0 Å². The van der Waals surface area contributed by atoms with Crippen molar-refractivity contribution in [2.24, 2.45) is 5.92 Å². The summed E-state index contributed by atoms with van der Waals surface area (Å²) in [7, 11) is 0. The van der Waals surface area contributed by atoms with Gasteiger partial charge in [-0.15, -0.1) is 12.4 Å². The topological polar surface area (TPSA) is 54.4 Å². The van der Waals surface area contributed by atoms with E-state index in [0.29, 0.717) is 0 Å². The summed E-state index contributed by atoms with van der Waals surface area (Å²) in [5.41, 5.74) is 0. The van der Waals surface area contributed by atoms with Crippen molar-refractivity contribution < 1.29 is 14.7 Å². The van der Waals surface area contributed by atoms with Crippen LogP contribution in [0, 0.1) is 5.92 Å². The average molecular weight is 227 g/mol. The lowest BCUT2D eigenvalue weighted by molar-refractivity contribution is -0.138. The quantitative estimate of drug-likeness (QED) is 0.581. The summed E-state index contributed by atoms with van der Waals surface area (Å²) in [6.45, 7) is 1.74. The molecule has 0 spiro atoms. The van der Waals surface area contributed by atoms with E-state index in [9.17, 15) is 9.59 Å². The first-order valence-corrected chi connectivity index (χ1v) is 4.00. The highest BCUT2D eigenvalue weighted by Gasteiger charge is 2.28. The third-order valence-corrected chi connectivity index (χ3v) is 1.35. The van der Waals surface area contributed by atoms with Crippen LogP contribution in [0.3, 0.4) is 0 Å². The molecule has 0 aromatic carbocycles. The molecule has 1 saturated carbocycles. The molecule has 0 heterocycles. The predicted octanol–water partition coefficient (Wildman–Crippen LogP) is 2.23. The van der Waals surface area contributed by atoms with E-state index >= 15 is 0 Å². The van der Waals surface area contributed by atoms with Gasteiger partial charge in [0.25, 0.3) is 0 Å². The zero-order valence-electron chi connectivity index (χ0n) is 7.20. The summed E-state index contributed by atoms with van der Waals surface area (Å²) in [4.78, 5) is 19.5. The second kappa shape index (κ2) is 8.08. The van der Waals surface area contributed by atoms with E-state index < -0.39 is 11.2 Å². The molecule has 0 amide bonds. The molecule has 0 unspecified atom stereocenters. The highest BCUT2D eigenvalue weighted by atomic mass is 35.5. The lowest BCUT2D eigenvalue weighted by Gasteiger charge is -1.75. The normalized spacial score (nSPS) is 14.0. The molecule has 76 valence electrons. The lowest BCUT2D eigenvalue weighted by atomic mass is 10.5. The Hall–Kier alpha value is -0.540. The molecular formula is C8H12Cl2O3. The standard InChI is InChI=1S/C4H5ClO.C4H6O2.ClH/c1-2-3-4(5)6;5-4(6)3-1-2-3;/h2-3H,1H3;3H,1-2H2,(H,5,6);1H. The van der Waals surface area contributed by atoms with Crippen molar-refractivity contribution >= 4 is 35.2 Å². The zero-order chi connectivity index (χ0) is 9.56. The van der Waals surface area contributed by atoms with Gasteiger partial charge < -0.3 is 5.11 Å². The molecule has 1 rings (SSSR count). The number of allylic oxidation sites excluding steroid dienone is 2. The fraction of sp³-hybridized carbons (Fsp3) is 0.500. The van der Waals surface area contributed by atoms with E-state index in [4.69, 9.17) is 16.7 Å². The highest BCUT2D eigenvalue weighted by Crippen LogP contribution is 2.28. The monoisotopic (exact) mass is 226 g/mol. The van der Waals surface area contributed by atoms with E-state index in [1.807, 2.05) is 0 Å². The van der Waals surface area contributed by atoms with Crippen LogP contribution in [-0.4, -0.2) is 16.3 Å². The van der Waals surface area contributed by atoms with Crippen molar-refractivity contribution in [3.63, 3.8) is 0 Å². The van der Waals surface area contributed by atoms with Crippen LogP contribution in [0.1, 0.15) is 19.8 Å². The van der Waals surface area contributed by atoms with Crippen LogP contribution in [-0.2, 0) is 9.59 Å². The molecule has 0 radical (unpaired) electrons. The number of carboxylic acids is 1. The molecule has 0 aromatic heterocycles. The maximum absolute atomic E-state index is 9.76. The van der Waals surface area contributed by atoms with Crippen molar-refractivity contribution in [2.45, 2.75) is 19.8 Å². The summed E-state index contributed by atoms with van der Waals surface area (Å²) >= 11 is 4.85. The fourth-order valence-electron chi connectivity index (χ4n) is 0.461. The molecule has 5 heteroatoms. The van der Waals surface area contributed by atoms with Gasteiger partial charge in [0.2, 0.25) is 5.24 Å². The van der Waals surface area contributed by atoms with Crippen molar-refractivity contribution in [2.75, 3.05) is 0 Å². The summed E-state index contributed by atoms with van der Waals surface area (Å²) < 4.78 is 0. The van der Waals surface area contributed by atoms with Gasteiger partial charge in [-0.05, 0) is 37.4 Å². The Morgan fingerprint density at radius 2 is 1.92 bits per heavy atom. The number of aliphatic carboxylic acids is 1. The van der Waals surface area contributed by atoms with Gasteiger partial charge in [-0.1, -0.05) is 6.08 Å². The first-order valence-electron chi connectivity index (χ1n) is 3.63. The SMILES string of the molecule is CC=CC(=O)Cl.Cl.O=C(O)C1CC1.